The Balaban J connectivity index is 1.79. The molecule has 0 N–H and O–H groups in total. The largest absolute Gasteiger partial charge is 0.334 e. The lowest BCUT2D eigenvalue weighted by Crippen LogP contribution is -2.53. The fourth-order valence-corrected chi connectivity index (χ4v) is 3.77. The molecule has 20 heavy (non-hydrogen) atoms. The molecule has 2 saturated heterocycles. The number of hydrogen-bond acceptors (Lipinski definition) is 4. The predicted octanol–water partition coefficient (Wildman–Crippen LogP) is 1.53. The van der Waals surface area contributed by atoms with E-state index >= 15 is 0 Å². The summed E-state index contributed by atoms with van der Waals surface area (Å²) in [6.45, 7) is 4.98. The van der Waals surface area contributed by atoms with Gasteiger partial charge < -0.3 is 9.80 Å². The van der Waals surface area contributed by atoms with Gasteiger partial charge in [0, 0.05) is 24.9 Å². The van der Waals surface area contributed by atoms with Gasteiger partial charge in [-0.1, -0.05) is 6.08 Å². The molecule has 1 aromatic heterocycles. The first-order valence-corrected chi connectivity index (χ1v) is 7.76. The third kappa shape index (κ3) is 2.14. The molecule has 0 aliphatic carbocycles. The van der Waals surface area contributed by atoms with Gasteiger partial charge >= 0.3 is 0 Å². The van der Waals surface area contributed by atoms with Gasteiger partial charge in [0.15, 0.2) is 0 Å². The summed E-state index contributed by atoms with van der Waals surface area (Å²) < 4.78 is 0. The van der Waals surface area contributed by atoms with Crippen molar-refractivity contribution in [1.29, 1.82) is 0 Å². The van der Waals surface area contributed by atoms with E-state index in [2.05, 4.69) is 11.6 Å². The lowest BCUT2D eigenvalue weighted by Gasteiger charge is -2.39. The molecule has 2 amide bonds. The number of carbonyl (C=O) groups excluding carboxylic acids is 2. The highest BCUT2D eigenvalue weighted by Gasteiger charge is 2.44. The molecule has 6 heteroatoms. The van der Waals surface area contributed by atoms with Crippen LogP contribution in [0.25, 0.3) is 0 Å². The van der Waals surface area contributed by atoms with Crippen molar-refractivity contribution < 1.29 is 9.59 Å². The maximum Gasteiger partial charge on any atom is 0.273 e. The molecule has 106 valence electrons. The highest BCUT2D eigenvalue weighted by molar-refractivity contribution is 7.07. The molecule has 2 atom stereocenters. The van der Waals surface area contributed by atoms with E-state index in [4.69, 9.17) is 0 Å². The fraction of sp³-hybridized carbons (Fsp3) is 0.500. The Hall–Kier alpha value is -1.69. The Morgan fingerprint density at radius 1 is 1.50 bits per heavy atom. The molecule has 2 fully saturated rings. The SMILES string of the molecule is C=CCN1C(=O)CC[C@@H]2[C@H]1CCN2C(=O)c1cscn1. The van der Waals surface area contributed by atoms with Gasteiger partial charge in [0.1, 0.15) is 5.69 Å². The van der Waals surface area contributed by atoms with Crippen molar-refractivity contribution in [3.05, 3.63) is 29.2 Å². The minimum Gasteiger partial charge on any atom is -0.334 e. The van der Waals surface area contributed by atoms with Crippen LogP contribution in [0.2, 0.25) is 0 Å². The highest BCUT2D eigenvalue weighted by atomic mass is 32.1. The Morgan fingerprint density at radius 3 is 3.05 bits per heavy atom. The third-order valence-corrected chi connectivity index (χ3v) is 4.71. The Labute approximate surface area is 121 Å². The minimum absolute atomic E-state index is 0.00773. The van der Waals surface area contributed by atoms with Gasteiger partial charge in [-0.3, -0.25) is 9.59 Å². The Morgan fingerprint density at radius 2 is 2.35 bits per heavy atom. The monoisotopic (exact) mass is 291 g/mol. The van der Waals surface area contributed by atoms with Gasteiger partial charge in [-0.15, -0.1) is 17.9 Å². The Bertz CT molecular complexity index is 529. The molecule has 2 aliphatic heterocycles. The maximum absolute atomic E-state index is 12.5. The lowest BCUT2D eigenvalue weighted by molar-refractivity contribution is -0.136. The van der Waals surface area contributed by atoms with Crippen molar-refractivity contribution in [2.45, 2.75) is 31.3 Å². The lowest BCUT2D eigenvalue weighted by atomic mass is 9.96. The molecule has 0 aromatic carbocycles. The van der Waals surface area contributed by atoms with Crippen LogP contribution in [0.4, 0.5) is 0 Å². The molecule has 3 heterocycles. The second-order valence-electron chi connectivity index (χ2n) is 5.17. The first-order valence-electron chi connectivity index (χ1n) is 6.82. The fourth-order valence-electron chi connectivity index (χ4n) is 3.24. The van der Waals surface area contributed by atoms with Crippen molar-refractivity contribution in [2.75, 3.05) is 13.1 Å². The second kappa shape index (κ2) is 5.36. The number of piperidine rings is 1. The van der Waals surface area contributed by atoms with Gasteiger partial charge in [-0.2, -0.15) is 0 Å². The summed E-state index contributed by atoms with van der Waals surface area (Å²) in [7, 11) is 0. The predicted molar refractivity (Wildman–Crippen MR) is 76.5 cm³/mol. The molecule has 0 bridgehead atoms. The second-order valence-corrected chi connectivity index (χ2v) is 5.89. The van der Waals surface area contributed by atoms with E-state index in [1.165, 1.54) is 11.3 Å². The van der Waals surface area contributed by atoms with Crippen LogP contribution < -0.4 is 0 Å². The summed E-state index contributed by atoms with van der Waals surface area (Å²) in [5.41, 5.74) is 2.19. The summed E-state index contributed by atoms with van der Waals surface area (Å²) in [6, 6.07) is 0.263. The first-order chi connectivity index (χ1) is 9.72. The summed E-state index contributed by atoms with van der Waals surface area (Å²) in [5, 5.41) is 1.78. The van der Waals surface area contributed by atoms with Gasteiger partial charge in [0.25, 0.3) is 5.91 Å². The smallest absolute Gasteiger partial charge is 0.273 e. The molecule has 0 radical (unpaired) electrons. The van der Waals surface area contributed by atoms with E-state index < -0.39 is 0 Å². The summed E-state index contributed by atoms with van der Waals surface area (Å²) in [4.78, 5) is 32.3. The summed E-state index contributed by atoms with van der Waals surface area (Å²) >= 11 is 1.43. The van der Waals surface area contributed by atoms with Crippen LogP contribution in [0.15, 0.2) is 23.5 Å². The average Bonchev–Trinajstić information content (AvgIpc) is 3.10. The van der Waals surface area contributed by atoms with Crippen molar-refractivity contribution in [2.24, 2.45) is 0 Å². The summed E-state index contributed by atoms with van der Waals surface area (Å²) in [5.74, 6) is 0.167. The average molecular weight is 291 g/mol. The molecular weight excluding hydrogens is 274 g/mol. The zero-order chi connectivity index (χ0) is 14.1. The zero-order valence-electron chi connectivity index (χ0n) is 11.2. The van der Waals surface area contributed by atoms with E-state index in [9.17, 15) is 9.59 Å². The summed E-state index contributed by atoms with van der Waals surface area (Å²) in [6.07, 6.45) is 3.87. The number of fused-ring (bicyclic) bond motifs is 1. The molecule has 0 saturated carbocycles. The number of amides is 2. The maximum atomic E-state index is 12.5. The molecule has 2 aliphatic rings. The van der Waals surface area contributed by atoms with Gasteiger partial charge in [0.05, 0.1) is 17.6 Å². The van der Waals surface area contributed by atoms with E-state index in [0.29, 0.717) is 25.2 Å². The number of aromatic nitrogens is 1. The number of nitrogens with zero attached hydrogens (tertiary/aromatic N) is 3. The molecule has 1 aromatic rings. The molecule has 0 unspecified atom stereocenters. The quantitative estimate of drug-likeness (QED) is 0.794. The molecule has 5 nitrogen and oxygen atoms in total. The van der Waals surface area contributed by atoms with E-state index in [-0.39, 0.29) is 23.9 Å². The number of rotatable bonds is 3. The van der Waals surface area contributed by atoms with Crippen LogP contribution in [-0.4, -0.2) is 51.8 Å². The van der Waals surface area contributed by atoms with Gasteiger partial charge in [0.2, 0.25) is 5.91 Å². The van der Waals surface area contributed by atoms with Crippen LogP contribution in [0.5, 0.6) is 0 Å². The number of carbonyl (C=O) groups is 2. The van der Waals surface area contributed by atoms with Crippen molar-refractivity contribution in [3.8, 4) is 0 Å². The van der Waals surface area contributed by atoms with E-state index in [1.807, 2.05) is 9.80 Å². The Kier molecular flexibility index (Phi) is 3.56. The highest BCUT2D eigenvalue weighted by Crippen LogP contribution is 2.32. The van der Waals surface area contributed by atoms with Crippen LogP contribution in [-0.2, 0) is 4.79 Å². The van der Waals surface area contributed by atoms with Crippen LogP contribution in [0.3, 0.4) is 0 Å². The topological polar surface area (TPSA) is 53.5 Å². The standard InChI is InChI=1S/C14H17N3O2S/c1-2-6-16-12-5-7-17(11(12)3-4-13(16)18)14(19)10-8-20-9-15-10/h2,8-9,11-12H,1,3-7H2/t11-,12-/m1/s1. The van der Waals surface area contributed by atoms with Crippen LogP contribution in [0.1, 0.15) is 29.8 Å². The van der Waals surface area contributed by atoms with Crippen molar-refractivity contribution in [3.63, 3.8) is 0 Å². The number of hydrogen-bond donors (Lipinski definition) is 0. The van der Waals surface area contributed by atoms with Crippen molar-refractivity contribution >= 4 is 23.2 Å². The van der Waals surface area contributed by atoms with Gasteiger partial charge in [-0.25, -0.2) is 4.98 Å². The molecule has 0 spiro atoms. The molecular formula is C14H17N3O2S. The van der Waals surface area contributed by atoms with Crippen molar-refractivity contribution in [1.82, 2.24) is 14.8 Å². The number of likely N-dealkylation sites (tertiary alicyclic amines) is 2. The normalized spacial score (nSPS) is 25.7. The third-order valence-electron chi connectivity index (χ3n) is 4.12. The molecule has 3 rings (SSSR count). The first kappa shape index (κ1) is 13.3. The minimum atomic E-state index is -0.00773. The van der Waals surface area contributed by atoms with E-state index in [0.717, 1.165) is 12.8 Å². The zero-order valence-corrected chi connectivity index (χ0v) is 12.0. The van der Waals surface area contributed by atoms with Crippen LogP contribution in [0, 0.1) is 0 Å². The number of thiazole rings is 1. The van der Waals surface area contributed by atoms with E-state index in [1.54, 1.807) is 17.0 Å². The van der Waals surface area contributed by atoms with Gasteiger partial charge in [-0.05, 0) is 12.8 Å². The van der Waals surface area contributed by atoms with Crippen LogP contribution >= 0.6 is 11.3 Å².